The average molecular weight is 278 g/mol. The predicted octanol–water partition coefficient (Wildman–Crippen LogP) is 2.93. The molecule has 0 saturated heterocycles. The fourth-order valence-electron chi connectivity index (χ4n) is 1.36. The predicted molar refractivity (Wildman–Crippen MR) is 67.8 cm³/mol. The molecule has 1 heterocycles. The molecule has 0 bridgehead atoms. The lowest BCUT2D eigenvalue weighted by atomic mass is 10.1. The molecule has 2 N–H and O–H groups in total. The third-order valence-corrected chi connectivity index (χ3v) is 2.79. The highest BCUT2D eigenvalue weighted by Crippen LogP contribution is 2.20. The minimum Gasteiger partial charge on any atom is -0.322 e. The molecule has 0 radical (unpaired) electrons. The molecule has 1 atom stereocenters. The zero-order valence-electron chi connectivity index (χ0n) is 8.89. The van der Waals surface area contributed by atoms with E-state index in [2.05, 4.69) is 25.9 Å². The summed E-state index contributed by atoms with van der Waals surface area (Å²) in [5.41, 5.74) is 7.78. The van der Waals surface area contributed by atoms with Crippen molar-refractivity contribution in [3.8, 4) is 11.1 Å². The Bertz CT molecular complexity index is 463. The molecule has 0 aliphatic carbocycles. The van der Waals surface area contributed by atoms with Crippen LogP contribution in [0.5, 0.6) is 0 Å². The van der Waals surface area contributed by atoms with E-state index in [1.807, 2.05) is 31.2 Å². The van der Waals surface area contributed by atoms with Crippen molar-refractivity contribution in [1.82, 2.24) is 9.97 Å². The number of hydrogen-bond acceptors (Lipinski definition) is 3. The number of nitrogens with two attached hydrogens (primary N) is 1. The number of hydrogen-bond donors (Lipinski definition) is 1. The van der Waals surface area contributed by atoms with Crippen LogP contribution >= 0.6 is 15.9 Å². The van der Waals surface area contributed by atoms with Crippen LogP contribution in [0.1, 0.15) is 18.8 Å². The number of benzene rings is 1. The zero-order valence-corrected chi connectivity index (χ0v) is 10.5. The first-order valence-corrected chi connectivity index (χ1v) is 5.79. The molecule has 2 rings (SSSR count). The van der Waals surface area contributed by atoms with Crippen molar-refractivity contribution in [2.24, 2.45) is 5.73 Å². The van der Waals surface area contributed by atoms with E-state index in [4.69, 9.17) is 5.73 Å². The van der Waals surface area contributed by atoms with E-state index in [-0.39, 0.29) is 6.04 Å². The van der Waals surface area contributed by atoms with Crippen molar-refractivity contribution in [2.45, 2.75) is 13.0 Å². The highest BCUT2D eigenvalue weighted by molar-refractivity contribution is 9.10. The molecule has 1 aromatic carbocycles. The molecule has 0 aliphatic heterocycles. The smallest absolute Gasteiger partial charge is 0.144 e. The highest BCUT2D eigenvalue weighted by atomic mass is 79.9. The Kier molecular flexibility index (Phi) is 3.31. The number of aromatic nitrogens is 2. The molecule has 2 aromatic rings. The third kappa shape index (κ3) is 2.46. The van der Waals surface area contributed by atoms with Crippen LogP contribution in [-0.2, 0) is 0 Å². The van der Waals surface area contributed by atoms with Crippen LogP contribution in [-0.4, -0.2) is 9.97 Å². The van der Waals surface area contributed by atoms with Gasteiger partial charge in [-0.1, -0.05) is 28.1 Å². The van der Waals surface area contributed by atoms with Gasteiger partial charge in [-0.15, -0.1) is 0 Å². The molecule has 82 valence electrons. The van der Waals surface area contributed by atoms with Crippen molar-refractivity contribution < 1.29 is 0 Å². The van der Waals surface area contributed by atoms with Gasteiger partial charge in [0.25, 0.3) is 0 Å². The van der Waals surface area contributed by atoms with Crippen molar-refractivity contribution in [1.29, 1.82) is 0 Å². The molecule has 0 aliphatic rings. The molecule has 0 amide bonds. The van der Waals surface area contributed by atoms with E-state index >= 15 is 0 Å². The van der Waals surface area contributed by atoms with E-state index in [1.54, 1.807) is 12.4 Å². The average Bonchev–Trinajstić information content (AvgIpc) is 2.30. The summed E-state index contributed by atoms with van der Waals surface area (Å²) in [6.45, 7) is 1.87. The summed E-state index contributed by atoms with van der Waals surface area (Å²) in [7, 11) is 0. The second-order valence-electron chi connectivity index (χ2n) is 3.63. The summed E-state index contributed by atoms with van der Waals surface area (Å²) in [5, 5.41) is 0. The van der Waals surface area contributed by atoms with Crippen LogP contribution in [0, 0.1) is 0 Å². The monoisotopic (exact) mass is 277 g/mol. The van der Waals surface area contributed by atoms with E-state index < -0.39 is 0 Å². The normalized spacial score (nSPS) is 12.4. The quantitative estimate of drug-likeness (QED) is 0.918. The summed E-state index contributed by atoms with van der Waals surface area (Å²) in [6.07, 6.45) is 3.60. The SMILES string of the molecule is CC(N)c1ncc(-c2ccc(Br)cc2)cn1. The fourth-order valence-corrected chi connectivity index (χ4v) is 1.63. The van der Waals surface area contributed by atoms with Gasteiger partial charge in [0.05, 0.1) is 6.04 Å². The van der Waals surface area contributed by atoms with Gasteiger partial charge in [0, 0.05) is 22.4 Å². The molecule has 1 unspecified atom stereocenters. The third-order valence-electron chi connectivity index (χ3n) is 2.26. The fraction of sp³-hybridized carbons (Fsp3) is 0.167. The first-order valence-electron chi connectivity index (χ1n) is 5.00. The molecule has 4 heteroatoms. The molecule has 1 aromatic heterocycles. The number of halogens is 1. The molecular weight excluding hydrogens is 266 g/mol. The molecular formula is C12H12BrN3. The summed E-state index contributed by atoms with van der Waals surface area (Å²) in [5.74, 6) is 0.667. The minimum absolute atomic E-state index is 0.126. The number of rotatable bonds is 2. The Morgan fingerprint density at radius 3 is 2.12 bits per heavy atom. The summed E-state index contributed by atoms with van der Waals surface area (Å²) < 4.78 is 1.06. The largest absolute Gasteiger partial charge is 0.322 e. The summed E-state index contributed by atoms with van der Waals surface area (Å²) in [6, 6.07) is 7.91. The van der Waals surface area contributed by atoms with Gasteiger partial charge < -0.3 is 5.73 Å². The van der Waals surface area contributed by atoms with Crippen molar-refractivity contribution in [2.75, 3.05) is 0 Å². The standard InChI is InChI=1S/C12H12BrN3/c1-8(14)12-15-6-10(7-16-12)9-2-4-11(13)5-3-9/h2-8H,14H2,1H3. The topological polar surface area (TPSA) is 51.8 Å². The Morgan fingerprint density at radius 2 is 1.62 bits per heavy atom. The van der Waals surface area contributed by atoms with Crippen LogP contribution in [0.4, 0.5) is 0 Å². The molecule has 0 fully saturated rings. The molecule has 16 heavy (non-hydrogen) atoms. The maximum Gasteiger partial charge on any atom is 0.144 e. The Labute approximate surface area is 103 Å². The Morgan fingerprint density at radius 1 is 1.06 bits per heavy atom. The molecule has 3 nitrogen and oxygen atoms in total. The molecule has 0 spiro atoms. The maximum absolute atomic E-state index is 5.69. The Hall–Kier alpha value is -1.26. The van der Waals surface area contributed by atoms with Gasteiger partial charge >= 0.3 is 0 Å². The van der Waals surface area contributed by atoms with Crippen LogP contribution < -0.4 is 5.73 Å². The van der Waals surface area contributed by atoms with E-state index in [0.29, 0.717) is 5.82 Å². The van der Waals surface area contributed by atoms with E-state index in [0.717, 1.165) is 15.6 Å². The summed E-state index contributed by atoms with van der Waals surface area (Å²) >= 11 is 3.40. The second kappa shape index (κ2) is 4.72. The van der Waals surface area contributed by atoms with E-state index in [9.17, 15) is 0 Å². The summed E-state index contributed by atoms with van der Waals surface area (Å²) in [4.78, 5) is 8.46. The van der Waals surface area contributed by atoms with Crippen LogP contribution in [0.15, 0.2) is 41.1 Å². The maximum atomic E-state index is 5.69. The minimum atomic E-state index is -0.126. The van der Waals surface area contributed by atoms with Crippen LogP contribution in [0.25, 0.3) is 11.1 Å². The van der Waals surface area contributed by atoms with Crippen LogP contribution in [0.2, 0.25) is 0 Å². The lowest BCUT2D eigenvalue weighted by Crippen LogP contribution is -2.09. The van der Waals surface area contributed by atoms with Gasteiger partial charge in [-0.05, 0) is 24.6 Å². The lowest BCUT2D eigenvalue weighted by Gasteiger charge is -2.05. The van der Waals surface area contributed by atoms with Crippen molar-refractivity contribution in [3.05, 3.63) is 47.0 Å². The van der Waals surface area contributed by atoms with Gasteiger partial charge in [-0.3, -0.25) is 0 Å². The van der Waals surface area contributed by atoms with Crippen molar-refractivity contribution >= 4 is 15.9 Å². The highest BCUT2D eigenvalue weighted by Gasteiger charge is 2.03. The van der Waals surface area contributed by atoms with Crippen molar-refractivity contribution in [3.63, 3.8) is 0 Å². The Balaban J connectivity index is 2.31. The first kappa shape index (κ1) is 11.2. The second-order valence-corrected chi connectivity index (χ2v) is 4.54. The van der Waals surface area contributed by atoms with Gasteiger partial charge in [0.1, 0.15) is 5.82 Å². The van der Waals surface area contributed by atoms with Gasteiger partial charge in [-0.25, -0.2) is 9.97 Å². The first-order chi connectivity index (χ1) is 7.66. The van der Waals surface area contributed by atoms with Gasteiger partial charge in [0.15, 0.2) is 0 Å². The molecule has 0 saturated carbocycles. The zero-order chi connectivity index (χ0) is 11.5. The van der Waals surface area contributed by atoms with Gasteiger partial charge in [0.2, 0.25) is 0 Å². The van der Waals surface area contributed by atoms with E-state index in [1.165, 1.54) is 0 Å². The number of nitrogens with zero attached hydrogens (tertiary/aromatic N) is 2. The lowest BCUT2D eigenvalue weighted by molar-refractivity contribution is 0.739. The van der Waals surface area contributed by atoms with Gasteiger partial charge in [-0.2, -0.15) is 0 Å². The van der Waals surface area contributed by atoms with Crippen LogP contribution in [0.3, 0.4) is 0 Å².